The summed E-state index contributed by atoms with van der Waals surface area (Å²) in [5.41, 5.74) is 10.3. The lowest BCUT2D eigenvalue weighted by molar-refractivity contribution is 0.726. The Kier molecular flexibility index (Phi) is 4.53. The smallest absolute Gasteiger partial charge is 0.0973 e. The van der Waals surface area contributed by atoms with E-state index in [2.05, 4.69) is 84.9 Å². The van der Waals surface area contributed by atoms with Crippen LogP contribution in [0.3, 0.4) is 0 Å². The van der Waals surface area contributed by atoms with Gasteiger partial charge in [-0.25, -0.2) is 19.9 Å². The summed E-state index contributed by atoms with van der Waals surface area (Å²) in [4.78, 5) is 20.9. The summed E-state index contributed by atoms with van der Waals surface area (Å²) in [7, 11) is 0. The zero-order chi connectivity index (χ0) is 26.2. The summed E-state index contributed by atoms with van der Waals surface area (Å²) in [6, 6.07) is 34.4. The summed E-state index contributed by atoms with van der Waals surface area (Å²) in [6.45, 7) is 0. The van der Waals surface area contributed by atoms with Gasteiger partial charge in [0.15, 0.2) is 0 Å². The summed E-state index contributed by atoms with van der Waals surface area (Å²) >= 11 is 0. The predicted octanol–water partition coefficient (Wildman–Crippen LogP) is 8.73. The molecule has 8 aromatic rings. The Balaban J connectivity index is 1.36. The van der Waals surface area contributed by atoms with Crippen LogP contribution in [0.25, 0.3) is 76.8 Å². The van der Waals surface area contributed by atoms with E-state index in [0.717, 1.165) is 102 Å². The molecule has 40 heavy (non-hydrogen) atoms. The maximum absolute atomic E-state index is 5.39. The first-order chi connectivity index (χ1) is 19.8. The Labute approximate surface area is 230 Å². The van der Waals surface area contributed by atoms with Crippen LogP contribution < -0.4 is 0 Å². The van der Waals surface area contributed by atoms with Crippen molar-refractivity contribution in [3.05, 3.63) is 108 Å². The molecule has 0 saturated heterocycles. The Morgan fingerprint density at radius 2 is 0.775 bits per heavy atom. The van der Waals surface area contributed by atoms with Crippen LogP contribution in [-0.2, 0) is 12.8 Å². The van der Waals surface area contributed by atoms with Gasteiger partial charge in [-0.1, -0.05) is 60.7 Å². The molecule has 4 nitrogen and oxygen atoms in total. The van der Waals surface area contributed by atoms with Gasteiger partial charge in [-0.2, -0.15) is 0 Å². The lowest BCUT2D eigenvalue weighted by Crippen LogP contribution is -2.05. The number of rotatable bonds is 0. The molecule has 1 aliphatic rings. The highest BCUT2D eigenvalue weighted by Crippen LogP contribution is 2.36. The second kappa shape index (κ2) is 8.27. The summed E-state index contributed by atoms with van der Waals surface area (Å²) in [6.07, 6.45) is 4.27. The van der Waals surface area contributed by atoms with Gasteiger partial charge in [0.25, 0.3) is 0 Å². The van der Waals surface area contributed by atoms with Gasteiger partial charge in [-0.15, -0.1) is 0 Å². The molecule has 0 amide bonds. The van der Waals surface area contributed by atoms with Crippen LogP contribution in [-0.4, -0.2) is 19.9 Å². The number of hydrogen-bond acceptors (Lipinski definition) is 4. The van der Waals surface area contributed by atoms with E-state index in [9.17, 15) is 0 Å². The van der Waals surface area contributed by atoms with Crippen molar-refractivity contribution < 1.29 is 0 Å². The molecule has 0 fully saturated rings. The number of hydrogen-bond donors (Lipinski definition) is 0. The first-order valence-corrected chi connectivity index (χ1v) is 14.0. The number of pyridine rings is 4. The van der Waals surface area contributed by atoms with Crippen molar-refractivity contribution in [2.45, 2.75) is 25.7 Å². The normalized spacial score (nSPS) is 13.6. The average molecular weight is 513 g/mol. The Bertz CT molecular complexity index is 2170. The van der Waals surface area contributed by atoms with Gasteiger partial charge in [-0.3, -0.25) is 0 Å². The molecule has 0 bridgehead atoms. The fraction of sp³-hybridized carbons (Fsp3) is 0.111. The van der Waals surface area contributed by atoms with Crippen molar-refractivity contribution in [3.63, 3.8) is 0 Å². The van der Waals surface area contributed by atoms with Crippen LogP contribution in [0.15, 0.2) is 97.1 Å². The largest absolute Gasteiger partial charge is 0.245 e. The van der Waals surface area contributed by atoms with Crippen molar-refractivity contribution >= 4 is 65.4 Å². The molecule has 0 saturated carbocycles. The fourth-order valence-electron chi connectivity index (χ4n) is 6.46. The highest BCUT2D eigenvalue weighted by molar-refractivity contribution is 6.09. The van der Waals surface area contributed by atoms with Gasteiger partial charge in [0.05, 0.1) is 44.5 Å². The minimum Gasteiger partial charge on any atom is -0.245 e. The van der Waals surface area contributed by atoms with Gasteiger partial charge in [-0.05, 0) is 73.2 Å². The molecule has 4 aromatic heterocycles. The maximum Gasteiger partial charge on any atom is 0.0973 e. The van der Waals surface area contributed by atoms with Gasteiger partial charge in [0, 0.05) is 32.3 Å². The van der Waals surface area contributed by atoms with Gasteiger partial charge < -0.3 is 0 Å². The topological polar surface area (TPSA) is 51.6 Å². The van der Waals surface area contributed by atoms with E-state index in [1.807, 2.05) is 12.1 Å². The van der Waals surface area contributed by atoms with E-state index in [1.165, 1.54) is 11.1 Å². The monoisotopic (exact) mass is 512 g/mol. The number of aryl methyl sites for hydroxylation is 2. The number of fused-ring (bicyclic) bond motifs is 11. The Hall–Kier alpha value is -4.96. The first kappa shape index (κ1) is 21.9. The molecule has 0 unspecified atom stereocenters. The number of aromatic nitrogens is 4. The van der Waals surface area contributed by atoms with E-state index >= 15 is 0 Å². The van der Waals surface area contributed by atoms with Crippen LogP contribution in [0.5, 0.6) is 0 Å². The van der Waals surface area contributed by atoms with E-state index in [0.29, 0.717) is 0 Å². The summed E-state index contributed by atoms with van der Waals surface area (Å²) in [5.74, 6) is 0. The minimum atomic E-state index is 0.942. The Morgan fingerprint density at radius 1 is 0.375 bits per heavy atom. The molecule has 4 heterocycles. The van der Waals surface area contributed by atoms with E-state index < -0.39 is 0 Å². The molecule has 9 rings (SSSR count). The lowest BCUT2D eigenvalue weighted by atomic mass is 9.92. The van der Waals surface area contributed by atoms with Crippen LogP contribution >= 0.6 is 0 Å². The molecule has 188 valence electrons. The third-order valence-electron chi connectivity index (χ3n) is 8.47. The summed E-state index contributed by atoms with van der Waals surface area (Å²) in [5, 5.41) is 6.78. The second-order valence-electron chi connectivity index (χ2n) is 11.0. The standard InChI is InChI=1S/C36H24N4/c1-2-10-24-20-28-16-14-26-18-22-8-4-6-12-30(22)38-32(26)36(28)40-34(24)33-23(9-1)19-27-15-13-25-17-21-7-3-5-11-29(21)37-31(25)35(27)39-33/h3-8,11-20H,1-2,9-10H2. The van der Waals surface area contributed by atoms with Gasteiger partial charge >= 0.3 is 0 Å². The van der Waals surface area contributed by atoms with Crippen LogP contribution in [0, 0.1) is 0 Å². The van der Waals surface area contributed by atoms with Crippen molar-refractivity contribution in [2.75, 3.05) is 0 Å². The molecular weight excluding hydrogens is 488 g/mol. The average Bonchev–Trinajstić information content (AvgIpc) is 2.99. The molecule has 0 N–H and O–H groups in total. The predicted molar refractivity (Wildman–Crippen MR) is 165 cm³/mol. The third kappa shape index (κ3) is 3.26. The highest BCUT2D eigenvalue weighted by atomic mass is 14.8. The number of para-hydroxylation sites is 2. The van der Waals surface area contributed by atoms with Crippen LogP contribution in [0.4, 0.5) is 0 Å². The van der Waals surface area contributed by atoms with Gasteiger partial charge in [0.1, 0.15) is 0 Å². The highest BCUT2D eigenvalue weighted by Gasteiger charge is 2.20. The maximum atomic E-state index is 5.39. The molecule has 0 aliphatic heterocycles. The molecule has 0 atom stereocenters. The van der Waals surface area contributed by atoms with E-state index in [-0.39, 0.29) is 0 Å². The molecule has 1 aliphatic carbocycles. The van der Waals surface area contributed by atoms with Crippen molar-refractivity contribution in [1.29, 1.82) is 0 Å². The van der Waals surface area contributed by atoms with Crippen molar-refractivity contribution in [3.8, 4) is 11.4 Å². The van der Waals surface area contributed by atoms with E-state index in [4.69, 9.17) is 19.9 Å². The molecule has 0 radical (unpaired) electrons. The molecular formula is C36H24N4. The Morgan fingerprint density at radius 3 is 1.25 bits per heavy atom. The SMILES string of the molecule is c1ccc2nc3c(ccc4cc5c(nc43)-c3nc4c(ccc6cc7ccccc7nc64)cc3CCCC5)cc2c1. The zero-order valence-electron chi connectivity index (χ0n) is 21.9. The summed E-state index contributed by atoms with van der Waals surface area (Å²) < 4.78 is 0. The van der Waals surface area contributed by atoms with E-state index in [1.54, 1.807) is 0 Å². The molecule has 4 heteroatoms. The molecule has 4 aromatic carbocycles. The molecule has 0 spiro atoms. The van der Waals surface area contributed by atoms with Crippen molar-refractivity contribution in [1.82, 2.24) is 19.9 Å². The zero-order valence-corrected chi connectivity index (χ0v) is 21.9. The van der Waals surface area contributed by atoms with Crippen LogP contribution in [0.2, 0.25) is 0 Å². The third-order valence-corrected chi connectivity index (χ3v) is 8.47. The fourth-order valence-corrected chi connectivity index (χ4v) is 6.46. The second-order valence-corrected chi connectivity index (χ2v) is 11.0. The quantitative estimate of drug-likeness (QED) is 0.151. The van der Waals surface area contributed by atoms with Crippen LogP contribution in [0.1, 0.15) is 24.0 Å². The van der Waals surface area contributed by atoms with Gasteiger partial charge in [0.2, 0.25) is 0 Å². The minimum absolute atomic E-state index is 0.942. The number of benzene rings is 4. The van der Waals surface area contributed by atoms with Crippen molar-refractivity contribution in [2.24, 2.45) is 0 Å². The lowest BCUT2D eigenvalue weighted by Gasteiger charge is -2.18. The number of nitrogens with zero attached hydrogens (tertiary/aromatic N) is 4. The first-order valence-electron chi connectivity index (χ1n) is 14.0.